The average molecular weight is 361 g/mol. The van der Waals surface area contributed by atoms with Crippen molar-refractivity contribution in [1.82, 2.24) is 9.97 Å². The predicted octanol–water partition coefficient (Wildman–Crippen LogP) is 4.56. The van der Waals surface area contributed by atoms with Gasteiger partial charge in [0.1, 0.15) is 16.9 Å². The van der Waals surface area contributed by atoms with Crippen LogP contribution in [0.2, 0.25) is 0 Å². The van der Waals surface area contributed by atoms with Gasteiger partial charge in [-0.2, -0.15) is 0 Å². The van der Waals surface area contributed by atoms with Crippen molar-refractivity contribution >= 4 is 27.5 Å². The molecule has 0 spiro atoms. The van der Waals surface area contributed by atoms with Gasteiger partial charge in [-0.05, 0) is 36.8 Å². The van der Waals surface area contributed by atoms with Gasteiger partial charge in [-0.25, -0.2) is 9.97 Å². The third-order valence-corrected chi connectivity index (χ3v) is 4.94. The molecule has 0 fully saturated rings. The minimum Gasteiger partial charge on any atom is -0.438 e. The summed E-state index contributed by atoms with van der Waals surface area (Å²) in [6.45, 7) is 2.06. The molecule has 0 aliphatic heterocycles. The van der Waals surface area contributed by atoms with E-state index in [1.807, 2.05) is 0 Å². The van der Waals surface area contributed by atoms with Crippen molar-refractivity contribution in [2.75, 3.05) is 0 Å². The average Bonchev–Trinajstić information content (AvgIpc) is 3.08. The van der Waals surface area contributed by atoms with Crippen molar-refractivity contribution in [2.45, 2.75) is 6.92 Å². The highest BCUT2D eigenvalue weighted by Gasteiger charge is 2.15. The molecular weight excluding hydrogens is 346 g/mol. The number of nitrogens with zero attached hydrogens (tertiary/aromatic N) is 2. The van der Waals surface area contributed by atoms with E-state index in [0.717, 1.165) is 21.3 Å². The topological polar surface area (TPSA) is 78.1 Å². The van der Waals surface area contributed by atoms with Gasteiger partial charge in [-0.3, -0.25) is 4.79 Å². The van der Waals surface area contributed by atoms with Crippen LogP contribution in [-0.2, 0) is 0 Å². The molecule has 0 aliphatic carbocycles. The number of fused-ring (bicyclic) bond motifs is 1. The summed E-state index contributed by atoms with van der Waals surface area (Å²) >= 11 is 1.55. The molecule has 26 heavy (non-hydrogen) atoms. The summed E-state index contributed by atoms with van der Waals surface area (Å²) < 4.78 is 5.97. The van der Waals surface area contributed by atoms with Gasteiger partial charge in [0.15, 0.2) is 0 Å². The molecule has 4 aromatic rings. The maximum absolute atomic E-state index is 11.2. The molecule has 5 nitrogen and oxygen atoms in total. The van der Waals surface area contributed by atoms with E-state index < -0.39 is 5.91 Å². The molecule has 1 amide bonds. The summed E-state index contributed by atoms with van der Waals surface area (Å²) in [4.78, 5) is 20.7. The summed E-state index contributed by atoms with van der Waals surface area (Å²) in [7, 11) is 0. The zero-order valence-corrected chi connectivity index (χ0v) is 14.8. The lowest BCUT2D eigenvalue weighted by atomic mass is 10.0. The van der Waals surface area contributed by atoms with Crippen molar-refractivity contribution in [1.29, 1.82) is 0 Å². The second-order valence-corrected chi connectivity index (χ2v) is 6.72. The molecular formula is C20H15N3O2S. The Hall–Kier alpha value is -3.25. The van der Waals surface area contributed by atoms with E-state index in [1.165, 1.54) is 11.9 Å². The van der Waals surface area contributed by atoms with E-state index in [1.54, 1.807) is 35.6 Å². The van der Waals surface area contributed by atoms with Crippen LogP contribution in [-0.4, -0.2) is 15.9 Å². The number of benzene rings is 2. The Morgan fingerprint density at radius 2 is 1.77 bits per heavy atom. The minimum atomic E-state index is -0.472. The number of hydrogen-bond acceptors (Lipinski definition) is 5. The number of carbonyl (C=O) groups is 1. The first-order chi connectivity index (χ1) is 12.6. The highest BCUT2D eigenvalue weighted by molar-refractivity contribution is 7.17. The number of rotatable bonds is 4. The summed E-state index contributed by atoms with van der Waals surface area (Å²) in [5.74, 6) is 0.593. The number of aryl methyl sites for hydroxylation is 1. The minimum absolute atomic E-state index is 0.432. The zero-order valence-electron chi connectivity index (χ0n) is 14.0. The summed E-state index contributed by atoms with van der Waals surface area (Å²) in [6.07, 6.45) is 1.49. The first-order valence-corrected chi connectivity index (χ1v) is 8.87. The fourth-order valence-electron chi connectivity index (χ4n) is 2.67. The highest BCUT2D eigenvalue weighted by Crippen LogP contribution is 2.38. The van der Waals surface area contributed by atoms with Gasteiger partial charge in [0.2, 0.25) is 11.8 Å². The first kappa shape index (κ1) is 16.2. The summed E-state index contributed by atoms with van der Waals surface area (Å²) in [5.41, 5.74) is 9.03. The van der Waals surface area contributed by atoms with Crippen LogP contribution in [0.4, 0.5) is 0 Å². The van der Waals surface area contributed by atoms with Gasteiger partial charge in [-0.15, -0.1) is 11.3 Å². The second kappa shape index (κ2) is 6.57. The molecule has 0 radical (unpaired) electrons. The standard InChI is InChI=1S/C20H15N3O2S/c1-12-2-4-13(5-3-12)16-10-26-20-17(16)19(22-11-23-20)25-15-8-6-14(7-9-15)18(21)24/h2-11H,1H3,(H2,21,24). The summed E-state index contributed by atoms with van der Waals surface area (Å²) in [5, 5.41) is 2.94. The van der Waals surface area contributed by atoms with Crippen molar-refractivity contribution in [3.63, 3.8) is 0 Å². The molecule has 0 saturated heterocycles. The smallest absolute Gasteiger partial charge is 0.248 e. The quantitative estimate of drug-likeness (QED) is 0.578. The third-order valence-electron chi connectivity index (χ3n) is 4.05. The SMILES string of the molecule is Cc1ccc(-c2csc3ncnc(Oc4ccc(C(N)=O)cc4)c23)cc1. The molecule has 2 heterocycles. The maximum atomic E-state index is 11.2. The van der Waals surface area contributed by atoms with E-state index in [9.17, 15) is 4.79 Å². The van der Waals surface area contributed by atoms with Crippen molar-refractivity contribution in [3.05, 3.63) is 71.4 Å². The van der Waals surface area contributed by atoms with Gasteiger partial charge >= 0.3 is 0 Å². The lowest BCUT2D eigenvalue weighted by Gasteiger charge is -2.08. The Morgan fingerprint density at radius 1 is 1.04 bits per heavy atom. The fourth-order valence-corrected chi connectivity index (χ4v) is 3.58. The van der Waals surface area contributed by atoms with E-state index in [-0.39, 0.29) is 0 Å². The molecule has 0 saturated carbocycles. The van der Waals surface area contributed by atoms with Gasteiger partial charge in [0, 0.05) is 16.5 Å². The molecule has 4 rings (SSSR count). The Kier molecular flexibility index (Phi) is 4.10. The molecule has 0 aliphatic rings. The molecule has 0 atom stereocenters. The number of aromatic nitrogens is 2. The Balaban J connectivity index is 1.76. The van der Waals surface area contributed by atoms with Gasteiger partial charge in [-0.1, -0.05) is 29.8 Å². The van der Waals surface area contributed by atoms with Crippen LogP contribution >= 0.6 is 11.3 Å². The molecule has 6 heteroatoms. The van der Waals surface area contributed by atoms with Gasteiger partial charge < -0.3 is 10.5 Å². The van der Waals surface area contributed by atoms with Crippen molar-refractivity contribution < 1.29 is 9.53 Å². The molecule has 2 aromatic heterocycles. The first-order valence-electron chi connectivity index (χ1n) is 7.99. The Bertz CT molecular complexity index is 1090. The highest BCUT2D eigenvalue weighted by atomic mass is 32.1. The van der Waals surface area contributed by atoms with Crippen LogP contribution < -0.4 is 10.5 Å². The normalized spacial score (nSPS) is 10.8. The lowest BCUT2D eigenvalue weighted by molar-refractivity contribution is 0.100. The second-order valence-electron chi connectivity index (χ2n) is 5.87. The van der Waals surface area contributed by atoms with E-state index in [2.05, 4.69) is 46.5 Å². The van der Waals surface area contributed by atoms with Gasteiger partial charge in [0.25, 0.3) is 0 Å². The number of primary amides is 1. The molecule has 2 aromatic carbocycles. The Labute approximate surface area is 154 Å². The number of hydrogen-bond donors (Lipinski definition) is 1. The van der Waals surface area contributed by atoms with E-state index in [0.29, 0.717) is 17.2 Å². The lowest BCUT2D eigenvalue weighted by Crippen LogP contribution is -2.10. The number of amides is 1. The Morgan fingerprint density at radius 3 is 2.46 bits per heavy atom. The van der Waals surface area contributed by atoms with E-state index >= 15 is 0 Å². The predicted molar refractivity (Wildman–Crippen MR) is 103 cm³/mol. The maximum Gasteiger partial charge on any atom is 0.248 e. The molecule has 0 unspecified atom stereocenters. The van der Waals surface area contributed by atoms with Crippen LogP contribution in [0.15, 0.2) is 60.2 Å². The van der Waals surface area contributed by atoms with Gasteiger partial charge in [0.05, 0.1) is 5.39 Å². The largest absolute Gasteiger partial charge is 0.438 e. The number of ether oxygens (including phenoxy) is 1. The van der Waals surface area contributed by atoms with Crippen LogP contribution in [0, 0.1) is 6.92 Å². The van der Waals surface area contributed by atoms with Crippen LogP contribution in [0.1, 0.15) is 15.9 Å². The van der Waals surface area contributed by atoms with Crippen LogP contribution in [0.25, 0.3) is 21.3 Å². The molecule has 0 bridgehead atoms. The third kappa shape index (κ3) is 3.02. The van der Waals surface area contributed by atoms with Crippen molar-refractivity contribution in [2.24, 2.45) is 5.73 Å². The van der Waals surface area contributed by atoms with Crippen molar-refractivity contribution in [3.8, 4) is 22.8 Å². The zero-order chi connectivity index (χ0) is 18.1. The molecule has 128 valence electrons. The molecule has 2 N–H and O–H groups in total. The fraction of sp³-hybridized carbons (Fsp3) is 0.0500. The number of carbonyl (C=O) groups excluding carboxylic acids is 1. The summed E-state index contributed by atoms with van der Waals surface area (Å²) in [6, 6.07) is 15.0. The monoisotopic (exact) mass is 361 g/mol. The number of thiophene rings is 1. The van der Waals surface area contributed by atoms with E-state index in [4.69, 9.17) is 10.5 Å². The van der Waals surface area contributed by atoms with Crippen LogP contribution in [0.3, 0.4) is 0 Å². The number of nitrogens with two attached hydrogens (primary N) is 1. The van der Waals surface area contributed by atoms with Crippen LogP contribution in [0.5, 0.6) is 11.6 Å².